The van der Waals surface area contributed by atoms with Gasteiger partial charge in [-0.2, -0.15) is 0 Å². The van der Waals surface area contributed by atoms with Crippen molar-refractivity contribution >= 4 is 33.4 Å². The molecule has 1 atom stereocenters. The molecule has 1 aliphatic rings. The number of sulfonamides is 1. The lowest BCUT2D eigenvalue weighted by Crippen LogP contribution is -2.43. The highest BCUT2D eigenvalue weighted by molar-refractivity contribution is 7.89. The summed E-state index contributed by atoms with van der Waals surface area (Å²) in [6, 6.07) is 27.5. The third-order valence-corrected chi connectivity index (χ3v) is 9.34. The molecule has 1 aliphatic carbocycles. The van der Waals surface area contributed by atoms with Crippen LogP contribution in [0.4, 0.5) is 4.39 Å². The molecule has 0 heterocycles. The van der Waals surface area contributed by atoms with Gasteiger partial charge in [-0.25, -0.2) is 17.5 Å². The van der Waals surface area contributed by atoms with Gasteiger partial charge < -0.3 is 10.2 Å². The van der Waals surface area contributed by atoms with Gasteiger partial charge in [0.1, 0.15) is 11.9 Å². The normalized spacial score (nSPS) is 13.7. The summed E-state index contributed by atoms with van der Waals surface area (Å²) in [6.07, 6.45) is 2.08. The van der Waals surface area contributed by atoms with Crippen molar-refractivity contribution < 1.29 is 22.4 Å². The van der Waals surface area contributed by atoms with Crippen molar-refractivity contribution in [1.82, 2.24) is 14.9 Å². The fourth-order valence-electron chi connectivity index (χ4n) is 4.86. The molecular weight excluding hydrogens is 601 g/mol. The molecule has 44 heavy (non-hydrogen) atoms. The predicted molar refractivity (Wildman–Crippen MR) is 168 cm³/mol. The van der Waals surface area contributed by atoms with Gasteiger partial charge in [-0.05, 0) is 71.8 Å². The lowest BCUT2D eigenvalue weighted by atomic mass is 10.0. The van der Waals surface area contributed by atoms with Gasteiger partial charge in [0.15, 0.2) is 0 Å². The fourth-order valence-corrected chi connectivity index (χ4v) is 6.37. The zero-order chi connectivity index (χ0) is 31.1. The summed E-state index contributed by atoms with van der Waals surface area (Å²) in [5.41, 5.74) is 2.81. The van der Waals surface area contributed by atoms with Gasteiger partial charge in [0.05, 0.1) is 4.90 Å². The van der Waals surface area contributed by atoms with E-state index in [1.807, 2.05) is 18.2 Å². The van der Waals surface area contributed by atoms with E-state index in [0.717, 1.165) is 24.0 Å². The van der Waals surface area contributed by atoms with Crippen LogP contribution in [-0.2, 0) is 39.1 Å². The van der Waals surface area contributed by atoms with Crippen LogP contribution in [0.25, 0.3) is 0 Å². The Morgan fingerprint density at radius 3 is 2.16 bits per heavy atom. The summed E-state index contributed by atoms with van der Waals surface area (Å²) in [5.74, 6) is -1.08. The number of hydrogen-bond acceptors (Lipinski definition) is 4. The fraction of sp³-hybridized carbons (Fsp3) is 0.235. The van der Waals surface area contributed by atoms with Gasteiger partial charge in [0, 0.05) is 30.6 Å². The van der Waals surface area contributed by atoms with E-state index in [-0.39, 0.29) is 42.3 Å². The van der Waals surface area contributed by atoms with Crippen molar-refractivity contribution in [2.45, 2.75) is 55.8 Å². The summed E-state index contributed by atoms with van der Waals surface area (Å²) >= 11 is 6.31. The Kier molecular flexibility index (Phi) is 10.1. The average molecular weight is 634 g/mol. The molecule has 0 aromatic heterocycles. The summed E-state index contributed by atoms with van der Waals surface area (Å²) in [5, 5.41) is 3.46. The molecule has 0 unspecified atom stereocenters. The second-order valence-electron chi connectivity index (χ2n) is 10.8. The summed E-state index contributed by atoms with van der Waals surface area (Å²) in [4.78, 5) is 29.4. The molecule has 1 fully saturated rings. The first-order valence-corrected chi connectivity index (χ1v) is 16.3. The Morgan fingerprint density at radius 1 is 0.864 bits per heavy atom. The van der Waals surface area contributed by atoms with Crippen molar-refractivity contribution in [3.63, 3.8) is 0 Å². The second kappa shape index (κ2) is 14.2. The standard InChI is InChI=1S/C34H33ClFN3O4S/c35-31-9-5-4-8-27(31)22-37-34(41)33(26-6-2-1-3-7-26)39(23-25-10-15-28(36)16-11-25)32(40)21-14-24-12-19-30(20-13-24)44(42,43)38-29-17-18-29/h1-13,15-16,19-20,29,33,38H,14,17-18,21-23H2,(H,37,41)/t33-/m1/s1. The minimum atomic E-state index is -3.58. The molecule has 4 aromatic carbocycles. The molecule has 4 aromatic rings. The lowest BCUT2D eigenvalue weighted by Gasteiger charge is -2.32. The van der Waals surface area contributed by atoms with Crippen LogP contribution in [0.5, 0.6) is 0 Å². The van der Waals surface area contributed by atoms with Crippen molar-refractivity contribution in [2.75, 3.05) is 0 Å². The van der Waals surface area contributed by atoms with E-state index in [1.54, 1.807) is 60.7 Å². The van der Waals surface area contributed by atoms with Crippen LogP contribution >= 0.6 is 11.6 Å². The van der Waals surface area contributed by atoms with E-state index in [2.05, 4.69) is 10.0 Å². The molecule has 228 valence electrons. The monoisotopic (exact) mass is 633 g/mol. The highest BCUT2D eigenvalue weighted by atomic mass is 35.5. The number of rotatable bonds is 13. The number of nitrogens with zero attached hydrogens (tertiary/aromatic N) is 1. The summed E-state index contributed by atoms with van der Waals surface area (Å²) in [7, 11) is -3.58. The molecular formula is C34H33ClFN3O4S. The molecule has 0 radical (unpaired) electrons. The summed E-state index contributed by atoms with van der Waals surface area (Å²) < 4.78 is 41.4. The first-order valence-electron chi connectivity index (χ1n) is 14.4. The van der Waals surface area contributed by atoms with E-state index in [9.17, 15) is 22.4 Å². The van der Waals surface area contributed by atoms with E-state index in [0.29, 0.717) is 22.6 Å². The van der Waals surface area contributed by atoms with Crippen LogP contribution in [0.3, 0.4) is 0 Å². The van der Waals surface area contributed by atoms with E-state index in [1.165, 1.54) is 29.2 Å². The van der Waals surface area contributed by atoms with Gasteiger partial charge in [-0.1, -0.05) is 84.4 Å². The summed E-state index contributed by atoms with van der Waals surface area (Å²) in [6.45, 7) is 0.244. The molecule has 1 saturated carbocycles. The van der Waals surface area contributed by atoms with Gasteiger partial charge in [-0.3, -0.25) is 9.59 Å². The molecule has 2 amide bonds. The van der Waals surface area contributed by atoms with Gasteiger partial charge in [0.2, 0.25) is 21.8 Å². The number of aryl methyl sites for hydroxylation is 1. The largest absolute Gasteiger partial charge is 0.350 e. The van der Waals surface area contributed by atoms with Crippen LogP contribution in [0, 0.1) is 5.82 Å². The molecule has 0 bridgehead atoms. The van der Waals surface area contributed by atoms with Crippen LogP contribution in [0.2, 0.25) is 5.02 Å². The SMILES string of the molecule is O=C(NCc1ccccc1Cl)[C@@H](c1ccccc1)N(Cc1ccc(F)cc1)C(=O)CCc1ccc(S(=O)(=O)NC2CC2)cc1. The van der Waals surface area contributed by atoms with Crippen LogP contribution in [0.15, 0.2) is 108 Å². The molecule has 0 aliphatic heterocycles. The Hall–Kier alpha value is -4.05. The van der Waals surface area contributed by atoms with Crippen LogP contribution in [-0.4, -0.2) is 31.2 Å². The molecule has 5 rings (SSSR count). The molecule has 10 heteroatoms. The number of halogens is 2. The van der Waals surface area contributed by atoms with Crippen molar-refractivity contribution in [3.8, 4) is 0 Å². The third kappa shape index (κ3) is 8.31. The minimum Gasteiger partial charge on any atom is -0.350 e. The number of hydrogen-bond donors (Lipinski definition) is 2. The van der Waals surface area contributed by atoms with Crippen molar-refractivity contribution in [2.24, 2.45) is 0 Å². The quantitative estimate of drug-likeness (QED) is 0.191. The van der Waals surface area contributed by atoms with E-state index in [4.69, 9.17) is 11.6 Å². The highest BCUT2D eigenvalue weighted by Gasteiger charge is 2.32. The van der Waals surface area contributed by atoms with Crippen molar-refractivity contribution in [3.05, 3.63) is 136 Å². The minimum absolute atomic E-state index is 0.00354. The maximum Gasteiger partial charge on any atom is 0.247 e. The number of benzene rings is 4. The first kappa shape index (κ1) is 31.4. The predicted octanol–water partition coefficient (Wildman–Crippen LogP) is 5.94. The number of nitrogens with one attached hydrogen (secondary N) is 2. The molecule has 7 nitrogen and oxygen atoms in total. The van der Waals surface area contributed by atoms with E-state index >= 15 is 0 Å². The second-order valence-corrected chi connectivity index (χ2v) is 12.9. The van der Waals surface area contributed by atoms with Crippen LogP contribution < -0.4 is 10.0 Å². The third-order valence-electron chi connectivity index (χ3n) is 7.43. The number of carbonyl (C=O) groups excluding carboxylic acids is 2. The number of carbonyl (C=O) groups is 2. The zero-order valence-corrected chi connectivity index (χ0v) is 25.5. The highest BCUT2D eigenvalue weighted by Crippen LogP contribution is 2.27. The van der Waals surface area contributed by atoms with E-state index < -0.39 is 21.9 Å². The van der Waals surface area contributed by atoms with Crippen molar-refractivity contribution in [1.29, 1.82) is 0 Å². The van der Waals surface area contributed by atoms with Crippen LogP contribution in [0.1, 0.15) is 47.6 Å². The Labute approximate surface area is 262 Å². The topological polar surface area (TPSA) is 95.6 Å². The average Bonchev–Trinajstić information content (AvgIpc) is 3.84. The molecule has 0 spiro atoms. The Bertz CT molecular complexity index is 1700. The van der Waals surface area contributed by atoms with Gasteiger partial charge in [-0.15, -0.1) is 0 Å². The van der Waals surface area contributed by atoms with Gasteiger partial charge in [0.25, 0.3) is 0 Å². The van der Waals surface area contributed by atoms with Gasteiger partial charge >= 0.3 is 0 Å². The number of amides is 2. The Balaban J connectivity index is 1.38. The maximum atomic E-state index is 13.9. The zero-order valence-electron chi connectivity index (χ0n) is 24.0. The maximum absolute atomic E-state index is 13.9. The first-order chi connectivity index (χ1) is 21.2. The smallest absolute Gasteiger partial charge is 0.247 e. The Morgan fingerprint density at radius 2 is 1.50 bits per heavy atom. The lowest BCUT2D eigenvalue weighted by molar-refractivity contribution is -0.141. The molecule has 2 N–H and O–H groups in total. The molecule has 0 saturated heterocycles.